The lowest BCUT2D eigenvalue weighted by molar-refractivity contribution is -0.327. The third kappa shape index (κ3) is 5.82. The summed E-state index contributed by atoms with van der Waals surface area (Å²) in [4.78, 5) is 11.8. The van der Waals surface area contributed by atoms with Crippen molar-refractivity contribution >= 4 is 5.97 Å². The maximum Gasteiger partial charge on any atom is 0.308 e. The summed E-state index contributed by atoms with van der Waals surface area (Å²) < 4.78 is 20.8. The van der Waals surface area contributed by atoms with Gasteiger partial charge in [-0.1, -0.05) is 13.8 Å². The summed E-state index contributed by atoms with van der Waals surface area (Å²) in [7, 11) is 0. The van der Waals surface area contributed by atoms with Gasteiger partial charge in [-0.3, -0.25) is 4.79 Å². The van der Waals surface area contributed by atoms with E-state index in [1.807, 2.05) is 0 Å². The average molecular weight is 426 g/mol. The van der Waals surface area contributed by atoms with Crippen LogP contribution in [0.5, 0.6) is 0 Å². The van der Waals surface area contributed by atoms with Crippen LogP contribution in [0.25, 0.3) is 0 Å². The first-order valence-corrected chi connectivity index (χ1v) is 9.38. The molecule has 2 aliphatic rings. The predicted molar refractivity (Wildman–Crippen MR) is 91.9 cm³/mol. The molecule has 2 heterocycles. The minimum atomic E-state index is -1.70. The highest BCUT2D eigenvalue weighted by Crippen LogP contribution is 2.26. The minimum Gasteiger partial charge on any atom is -0.433 e. The average Bonchev–Trinajstić information content (AvgIpc) is 2.66. The number of esters is 1. The number of aliphatic hydroxyl groups excluding tert-OH is 7. The van der Waals surface area contributed by atoms with Crippen molar-refractivity contribution in [2.45, 2.75) is 81.7 Å². The van der Waals surface area contributed by atoms with Crippen LogP contribution in [0.2, 0.25) is 0 Å². The van der Waals surface area contributed by atoms with Gasteiger partial charge in [0.1, 0.15) is 48.8 Å². The Labute approximate surface area is 167 Å². The van der Waals surface area contributed by atoms with Gasteiger partial charge in [0.2, 0.25) is 6.29 Å². The van der Waals surface area contributed by atoms with Crippen LogP contribution < -0.4 is 0 Å². The monoisotopic (exact) mass is 426 g/mol. The maximum absolute atomic E-state index is 11.8. The van der Waals surface area contributed by atoms with Crippen molar-refractivity contribution in [3.8, 4) is 0 Å². The normalized spacial score (nSPS) is 43.4. The maximum atomic E-state index is 11.8. The highest BCUT2D eigenvalue weighted by Gasteiger charge is 2.48. The van der Waals surface area contributed by atoms with Gasteiger partial charge in [-0.25, -0.2) is 0 Å². The quantitative estimate of drug-likeness (QED) is 0.196. The van der Waals surface area contributed by atoms with Crippen molar-refractivity contribution in [2.24, 2.45) is 5.92 Å². The first-order chi connectivity index (χ1) is 13.6. The van der Waals surface area contributed by atoms with E-state index < -0.39 is 80.6 Å². The Balaban J connectivity index is 1.98. The van der Waals surface area contributed by atoms with Gasteiger partial charge >= 0.3 is 5.97 Å². The lowest BCUT2D eigenvalue weighted by atomic mass is 9.98. The fraction of sp³-hybridized carbons (Fsp3) is 0.941. The highest BCUT2D eigenvalue weighted by atomic mass is 16.7. The van der Waals surface area contributed by atoms with E-state index in [2.05, 4.69) is 0 Å². The molecule has 0 radical (unpaired) electrons. The van der Waals surface area contributed by atoms with Crippen LogP contribution in [0.4, 0.5) is 0 Å². The number of carbonyl (C=O) groups is 1. The van der Waals surface area contributed by atoms with Gasteiger partial charge in [0.15, 0.2) is 6.29 Å². The van der Waals surface area contributed by atoms with Crippen LogP contribution in [0.3, 0.4) is 0 Å². The second kappa shape index (κ2) is 10.4. The molecule has 7 N–H and O–H groups in total. The Hall–Kier alpha value is -0.930. The SMILES string of the molecule is CC(C)CC(=O)O[C@@H]1OC(CO[C@@H]2OC(CO)[C@@H](O)[C@H](O)C2O)[C@@H](O)[C@H](O)C1O. The number of carbonyl (C=O) groups excluding carboxylic acids is 1. The van der Waals surface area contributed by atoms with Gasteiger partial charge in [-0.15, -0.1) is 0 Å². The zero-order chi connectivity index (χ0) is 21.9. The third-order valence-electron chi connectivity index (χ3n) is 4.76. The Bertz CT molecular complexity index is 529. The van der Waals surface area contributed by atoms with Crippen LogP contribution in [-0.4, -0.2) is 116 Å². The van der Waals surface area contributed by atoms with Gasteiger partial charge in [0.25, 0.3) is 0 Å². The molecule has 2 aliphatic heterocycles. The van der Waals surface area contributed by atoms with Crippen LogP contribution in [0, 0.1) is 5.92 Å². The number of rotatable bonds is 7. The standard InChI is InChI=1S/C17H30O12/c1-6(2)3-9(19)29-17-15(25)13(23)11(21)8(28-17)5-26-16-14(24)12(22)10(20)7(4-18)27-16/h6-8,10-18,20-25H,3-5H2,1-2H3/t7?,8?,10-,11-,12+,13+,14?,15?,16-,17+/m1/s1. The molecule has 0 aromatic rings. The lowest BCUT2D eigenvalue weighted by Crippen LogP contribution is -2.61. The second-order valence-electron chi connectivity index (χ2n) is 7.63. The summed E-state index contributed by atoms with van der Waals surface area (Å²) in [5.74, 6) is -0.676. The zero-order valence-electron chi connectivity index (χ0n) is 16.1. The predicted octanol–water partition coefficient (Wildman–Crippen LogP) is -3.80. The molecular formula is C17H30O12. The molecule has 2 fully saturated rings. The Morgan fingerprint density at radius 2 is 1.34 bits per heavy atom. The van der Waals surface area contributed by atoms with Crippen LogP contribution >= 0.6 is 0 Å². The summed E-state index contributed by atoms with van der Waals surface area (Å²) in [6, 6.07) is 0. The molecule has 2 rings (SSSR count). The van der Waals surface area contributed by atoms with Crippen molar-refractivity contribution in [2.75, 3.05) is 13.2 Å². The summed E-state index contributed by atoms with van der Waals surface area (Å²) in [5, 5.41) is 68.8. The van der Waals surface area contributed by atoms with Crippen LogP contribution in [-0.2, 0) is 23.7 Å². The van der Waals surface area contributed by atoms with E-state index in [1.165, 1.54) is 0 Å². The van der Waals surface area contributed by atoms with Gasteiger partial charge in [0.05, 0.1) is 13.2 Å². The molecule has 0 aliphatic carbocycles. The number of hydrogen-bond donors (Lipinski definition) is 7. The summed E-state index contributed by atoms with van der Waals surface area (Å²) in [5.41, 5.74) is 0. The van der Waals surface area contributed by atoms with Gasteiger partial charge in [0, 0.05) is 6.42 Å². The van der Waals surface area contributed by atoms with Crippen molar-refractivity contribution in [1.82, 2.24) is 0 Å². The van der Waals surface area contributed by atoms with Crippen molar-refractivity contribution < 1.29 is 59.5 Å². The fourth-order valence-corrected chi connectivity index (χ4v) is 3.06. The molecule has 12 heteroatoms. The van der Waals surface area contributed by atoms with E-state index in [0.29, 0.717) is 0 Å². The molecular weight excluding hydrogens is 396 g/mol. The van der Waals surface area contributed by atoms with Crippen LogP contribution in [0.1, 0.15) is 20.3 Å². The molecule has 0 spiro atoms. The molecule has 0 aromatic heterocycles. The van der Waals surface area contributed by atoms with Crippen molar-refractivity contribution in [3.05, 3.63) is 0 Å². The van der Waals surface area contributed by atoms with Crippen LogP contribution in [0.15, 0.2) is 0 Å². The molecule has 0 aromatic carbocycles. The van der Waals surface area contributed by atoms with E-state index in [-0.39, 0.29) is 12.3 Å². The Morgan fingerprint density at radius 3 is 1.90 bits per heavy atom. The molecule has 0 saturated carbocycles. The molecule has 170 valence electrons. The lowest BCUT2D eigenvalue weighted by Gasteiger charge is -2.42. The first kappa shape index (κ1) is 24.3. The number of aliphatic hydroxyl groups is 7. The molecule has 0 amide bonds. The fourth-order valence-electron chi connectivity index (χ4n) is 3.06. The summed E-state index contributed by atoms with van der Waals surface area (Å²) in [6.07, 6.45) is -15.3. The molecule has 29 heavy (non-hydrogen) atoms. The molecule has 12 nitrogen and oxygen atoms in total. The topological polar surface area (TPSA) is 196 Å². The largest absolute Gasteiger partial charge is 0.433 e. The number of ether oxygens (including phenoxy) is 4. The molecule has 2 saturated heterocycles. The van der Waals surface area contributed by atoms with Crippen molar-refractivity contribution in [1.29, 1.82) is 0 Å². The van der Waals surface area contributed by atoms with E-state index in [0.717, 1.165) is 0 Å². The number of hydrogen-bond acceptors (Lipinski definition) is 12. The molecule has 0 bridgehead atoms. The first-order valence-electron chi connectivity index (χ1n) is 9.38. The van der Waals surface area contributed by atoms with E-state index in [9.17, 15) is 40.5 Å². The molecule has 10 atom stereocenters. The Kier molecular flexibility index (Phi) is 8.72. The van der Waals surface area contributed by atoms with E-state index in [4.69, 9.17) is 18.9 Å². The van der Waals surface area contributed by atoms with Gasteiger partial charge < -0.3 is 54.7 Å². The zero-order valence-corrected chi connectivity index (χ0v) is 16.1. The van der Waals surface area contributed by atoms with Gasteiger partial charge in [-0.2, -0.15) is 0 Å². The summed E-state index contributed by atoms with van der Waals surface area (Å²) >= 11 is 0. The Morgan fingerprint density at radius 1 is 0.828 bits per heavy atom. The smallest absolute Gasteiger partial charge is 0.308 e. The highest BCUT2D eigenvalue weighted by molar-refractivity contribution is 5.69. The molecule has 4 unspecified atom stereocenters. The van der Waals surface area contributed by atoms with E-state index >= 15 is 0 Å². The van der Waals surface area contributed by atoms with E-state index in [1.54, 1.807) is 13.8 Å². The van der Waals surface area contributed by atoms with Gasteiger partial charge in [-0.05, 0) is 5.92 Å². The summed E-state index contributed by atoms with van der Waals surface area (Å²) in [6.45, 7) is 2.43. The second-order valence-corrected chi connectivity index (χ2v) is 7.63. The minimum absolute atomic E-state index is 0.0101. The van der Waals surface area contributed by atoms with Crippen molar-refractivity contribution in [3.63, 3.8) is 0 Å². The third-order valence-corrected chi connectivity index (χ3v) is 4.76.